The Bertz CT molecular complexity index is 250. The van der Waals surface area contributed by atoms with E-state index >= 15 is 0 Å². The van der Waals surface area contributed by atoms with Crippen molar-refractivity contribution in [2.45, 2.75) is 77.6 Å². The summed E-state index contributed by atoms with van der Waals surface area (Å²) >= 11 is 0. The van der Waals surface area contributed by atoms with E-state index in [1.54, 1.807) is 0 Å². The van der Waals surface area contributed by atoms with Crippen LogP contribution >= 0.6 is 0 Å². The first-order valence-corrected chi connectivity index (χ1v) is 9.35. The molecule has 0 aromatic rings. The molecule has 0 aromatic heterocycles. The van der Waals surface area contributed by atoms with Gasteiger partial charge in [-0.25, -0.2) is 8.42 Å². The highest BCUT2D eigenvalue weighted by molar-refractivity contribution is 7.67. The van der Waals surface area contributed by atoms with Crippen LogP contribution in [-0.2, 0) is 15.2 Å². The molecule has 0 aliphatic heterocycles. The molecule has 0 atom stereocenters. The van der Waals surface area contributed by atoms with E-state index in [0.717, 1.165) is 19.5 Å². The van der Waals surface area contributed by atoms with Gasteiger partial charge in [-0.3, -0.25) is 4.18 Å². The number of rotatable bonds is 16. The molecule has 0 rings (SSSR count). The van der Waals surface area contributed by atoms with Gasteiger partial charge in [0.1, 0.15) is 0 Å². The first kappa shape index (κ1) is 19.9. The van der Waals surface area contributed by atoms with Crippen LogP contribution in [0.3, 0.4) is 0 Å². The fourth-order valence-electron chi connectivity index (χ4n) is 2.20. The van der Waals surface area contributed by atoms with Crippen LogP contribution in [0.15, 0.2) is 0 Å². The zero-order valence-corrected chi connectivity index (χ0v) is 14.0. The molecule has 20 heavy (non-hydrogen) atoms. The van der Waals surface area contributed by atoms with E-state index in [2.05, 4.69) is 16.4 Å². The lowest BCUT2D eigenvalue weighted by molar-refractivity contribution is 0.323. The van der Waals surface area contributed by atoms with Crippen molar-refractivity contribution in [2.24, 2.45) is 0 Å². The minimum absolute atomic E-state index is 0.295. The topological polar surface area (TPSA) is 55.4 Å². The standard InChI is InChI=1S/C15H33NO3S/c1-2-3-4-5-6-7-8-9-10-11-13-16-14-12-15-19-20(17)18/h16,20H,2-15H2,1H3. The van der Waals surface area contributed by atoms with Crippen molar-refractivity contribution in [3.8, 4) is 0 Å². The summed E-state index contributed by atoms with van der Waals surface area (Å²) in [6, 6.07) is 0. The van der Waals surface area contributed by atoms with E-state index in [1.807, 2.05) is 0 Å². The molecule has 0 amide bonds. The maximum atomic E-state index is 10.1. The average Bonchev–Trinajstić information content (AvgIpc) is 2.43. The van der Waals surface area contributed by atoms with Gasteiger partial charge in [0.05, 0.1) is 6.61 Å². The lowest BCUT2D eigenvalue weighted by Crippen LogP contribution is -2.18. The van der Waals surface area contributed by atoms with Gasteiger partial charge in [-0.05, 0) is 25.9 Å². The van der Waals surface area contributed by atoms with Gasteiger partial charge in [0.15, 0.2) is 0 Å². The van der Waals surface area contributed by atoms with Crippen LogP contribution in [0, 0.1) is 0 Å². The second kappa shape index (κ2) is 16.9. The van der Waals surface area contributed by atoms with Gasteiger partial charge in [-0.1, -0.05) is 64.7 Å². The lowest BCUT2D eigenvalue weighted by atomic mass is 10.1. The van der Waals surface area contributed by atoms with Crippen LogP contribution in [0.5, 0.6) is 0 Å². The first-order chi connectivity index (χ1) is 9.77. The maximum absolute atomic E-state index is 10.1. The second-order valence-corrected chi connectivity index (χ2v) is 6.05. The van der Waals surface area contributed by atoms with Gasteiger partial charge in [-0.15, -0.1) is 0 Å². The molecule has 0 spiro atoms. The van der Waals surface area contributed by atoms with E-state index in [4.69, 9.17) is 0 Å². The van der Waals surface area contributed by atoms with Crippen LogP contribution in [0.1, 0.15) is 77.6 Å². The van der Waals surface area contributed by atoms with Crippen LogP contribution in [0.2, 0.25) is 0 Å². The van der Waals surface area contributed by atoms with Crippen molar-refractivity contribution in [1.29, 1.82) is 0 Å². The van der Waals surface area contributed by atoms with Crippen LogP contribution in [0.4, 0.5) is 0 Å². The Morgan fingerprint density at radius 1 is 0.750 bits per heavy atom. The number of unbranched alkanes of at least 4 members (excludes halogenated alkanes) is 9. The van der Waals surface area contributed by atoms with Crippen molar-refractivity contribution >= 4 is 11.0 Å². The predicted octanol–water partition coefficient (Wildman–Crippen LogP) is 3.43. The Balaban J connectivity index is 2.95. The summed E-state index contributed by atoms with van der Waals surface area (Å²) in [7, 11) is -2.67. The number of hydrogen-bond donors (Lipinski definition) is 2. The molecule has 5 heteroatoms. The minimum atomic E-state index is -2.67. The molecule has 0 saturated carbocycles. The molecule has 1 N–H and O–H groups in total. The molecular weight excluding hydrogens is 274 g/mol. The third-order valence-electron chi connectivity index (χ3n) is 3.40. The quantitative estimate of drug-likeness (QED) is 0.339. The average molecular weight is 307 g/mol. The highest BCUT2D eigenvalue weighted by Crippen LogP contribution is 2.10. The molecule has 0 heterocycles. The molecule has 0 saturated heterocycles. The third kappa shape index (κ3) is 17.9. The van der Waals surface area contributed by atoms with E-state index in [-0.39, 0.29) is 0 Å². The van der Waals surface area contributed by atoms with E-state index in [9.17, 15) is 8.42 Å². The molecule has 0 aliphatic rings. The molecular formula is C15H33NO3S. The van der Waals surface area contributed by atoms with Crippen molar-refractivity contribution in [3.05, 3.63) is 0 Å². The van der Waals surface area contributed by atoms with E-state index in [1.165, 1.54) is 64.2 Å². The number of thiol groups is 1. The Kier molecular flexibility index (Phi) is 16.8. The van der Waals surface area contributed by atoms with Gasteiger partial charge in [0.2, 0.25) is 0 Å². The minimum Gasteiger partial charge on any atom is -0.317 e. The van der Waals surface area contributed by atoms with Gasteiger partial charge < -0.3 is 5.32 Å². The van der Waals surface area contributed by atoms with Crippen LogP contribution in [0.25, 0.3) is 0 Å². The summed E-state index contributed by atoms with van der Waals surface area (Å²) in [5, 5.41) is 3.31. The zero-order valence-electron chi connectivity index (χ0n) is 13.1. The molecule has 122 valence electrons. The van der Waals surface area contributed by atoms with E-state index in [0.29, 0.717) is 6.61 Å². The summed E-state index contributed by atoms with van der Waals surface area (Å²) in [6.07, 6.45) is 14.3. The van der Waals surface area contributed by atoms with Crippen LogP contribution < -0.4 is 5.32 Å². The largest absolute Gasteiger partial charge is 0.317 e. The SMILES string of the molecule is CCCCCCCCCCCCNCCCO[SH](=O)=O. The number of hydrogen-bond acceptors (Lipinski definition) is 4. The zero-order chi connectivity index (χ0) is 14.9. The normalized spacial score (nSPS) is 11.3. The van der Waals surface area contributed by atoms with Crippen molar-refractivity contribution in [3.63, 3.8) is 0 Å². The van der Waals surface area contributed by atoms with Gasteiger partial charge in [0.25, 0.3) is 11.0 Å². The molecule has 4 nitrogen and oxygen atoms in total. The Morgan fingerprint density at radius 2 is 1.25 bits per heavy atom. The van der Waals surface area contributed by atoms with Crippen molar-refractivity contribution < 1.29 is 12.6 Å². The Hall–Kier alpha value is -0.130. The monoisotopic (exact) mass is 307 g/mol. The van der Waals surface area contributed by atoms with Gasteiger partial charge in [-0.2, -0.15) is 0 Å². The molecule has 0 aliphatic carbocycles. The summed E-state index contributed by atoms with van der Waals surface area (Å²) in [4.78, 5) is 0. The predicted molar refractivity (Wildman–Crippen MR) is 85.6 cm³/mol. The molecule has 0 aromatic carbocycles. The lowest BCUT2D eigenvalue weighted by Gasteiger charge is -2.04. The second-order valence-electron chi connectivity index (χ2n) is 5.34. The highest BCUT2D eigenvalue weighted by Gasteiger charge is 1.93. The Labute approximate surface area is 126 Å². The maximum Gasteiger partial charge on any atom is 0.257 e. The molecule has 0 fully saturated rings. The van der Waals surface area contributed by atoms with Crippen LogP contribution in [-0.4, -0.2) is 28.1 Å². The van der Waals surface area contributed by atoms with E-state index < -0.39 is 11.0 Å². The first-order valence-electron chi connectivity index (χ1n) is 8.25. The van der Waals surface area contributed by atoms with Gasteiger partial charge >= 0.3 is 0 Å². The Morgan fingerprint density at radius 3 is 1.80 bits per heavy atom. The summed E-state index contributed by atoms with van der Waals surface area (Å²) in [5.74, 6) is 0. The molecule has 0 radical (unpaired) electrons. The fraction of sp³-hybridized carbons (Fsp3) is 1.00. The van der Waals surface area contributed by atoms with Gasteiger partial charge in [0, 0.05) is 0 Å². The summed E-state index contributed by atoms with van der Waals surface area (Å²) in [6.45, 7) is 4.41. The number of nitrogens with one attached hydrogen (secondary N) is 1. The van der Waals surface area contributed by atoms with Crippen molar-refractivity contribution in [1.82, 2.24) is 5.32 Å². The van der Waals surface area contributed by atoms with Crippen molar-refractivity contribution in [2.75, 3.05) is 19.7 Å². The molecule has 0 unspecified atom stereocenters. The summed E-state index contributed by atoms with van der Waals surface area (Å²) < 4.78 is 24.7. The fourth-order valence-corrected chi connectivity index (χ4v) is 2.48. The highest BCUT2D eigenvalue weighted by atomic mass is 32.2. The third-order valence-corrected chi connectivity index (χ3v) is 3.80. The summed E-state index contributed by atoms with van der Waals surface area (Å²) in [5.41, 5.74) is 0. The molecule has 0 bridgehead atoms. The smallest absolute Gasteiger partial charge is 0.257 e.